The number of methoxy groups -OCH3 is 1. The summed E-state index contributed by atoms with van der Waals surface area (Å²) in [5.41, 5.74) is 4.75. The van der Waals surface area contributed by atoms with Gasteiger partial charge in [-0.3, -0.25) is 14.4 Å². The van der Waals surface area contributed by atoms with Crippen LogP contribution in [0.15, 0.2) is 18.2 Å². The first-order chi connectivity index (χ1) is 18.3. The van der Waals surface area contributed by atoms with Gasteiger partial charge in [0.25, 0.3) is 0 Å². The number of ether oxygens (including phenoxy) is 5. The van der Waals surface area contributed by atoms with Gasteiger partial charge in [0.2, 0.25) is 0 Å². The van der Waals surface area contributed by atoms with Gasteiger partial charge in [-0.1, -0.05) is 61.5 Å². The number of carbonyl (C=O) groups is 4. The maximum Gasteiger partial charge on any atom is 0.508 e. The molecule has 0 amide bonds. The normalized spacial score (nSPS) is 13.3. The molecule has 0 saturated carbocycles. The Hall–Kier alpha value is -3.14. The van der Waals surface area contributed by atoms with Crippen LogP contribution in [0.4, 0.5) is 4.79 Å². The first-order valence-corrected chi connectivity index (χ1v) is 13.5. The average molecular weight is 566 g/mol. The number of esters is 3. The van der Waals surface area contributed by atoms with Gasteiger partial charge in [-0.05, 0) is 40.9 Å². The van der Waals surface area contributed by atoms with Gasteiger partial charge in [0.1, 0.15) is 5.54 Å². The van der Waals surface area contributed by atoms with Crippen LogP contribution >= 0.6 is 0 Å². The fourth-order valence-electron chi connectivity index (χ4n) is 3.58. The van der Waals surface area contributed by atoms with Gasteiger partial charge in [0.15, 0.2) is 11.5 Å². The number of benzene rings is 1. The van der Waals surface area contributed by atoms with Gasteiger partial charge in [0, 0.05) is 12.8 Å². The molecule has 1 aromatic carbocycles. The zero-order valence-corrected chi connectivity index (χ0v) is 25.5. The van der Waals surface area contributed by atoms with Crippen LogP contribution in [-0.2, 0) is 35.0 Å². The topological polar surface area (TPSA) is 140 Å². The average Bonchev–Trinajstić information content (AvgIpc) is 2.77. The molecule has 2 N–H and O–H groups in total. The van der Waals surface area contributed by atoms with Crippen molar-refractivity contribution in [3.8, 4) is 11.5 Å². The number of carbonyl (C=O) groups excluding carboxylic acids is 4. The van der Waals surface area contributed by atoms with Gasteiger partial charge < -0.3 is 29.4 Å². The molecule has 1 aromatic rings. The Morgan fingerprint density at radius 3 is 1.85 bits per heavy atom. The number of hydrogen-bond acceptors (Lipinski definition) is 10. The molecule has 40 heavy (non-hydrogen) atoms. The van der Waals surface area contributed by atoms with Crippen molar-refractivity contribution in [3.63, 3.8) is 0 Å². The maximum atomic E-state index is 12.7. The molecule has 0 bridgehead atoms. The van der Waals surface area contributed by atoms with Gasteiger partial charge >= 0.3 is 24.1 Å². The van der Waals surface area contributed by atoms with Crippen LogP contribution < -0.4 is 15.2 Å². The largest absolute Gasteiger partial charge is 0.508 e. The van der Waals surface area contributed by atoms with E-state index in [0.29, 0.717) is 17.9 Å². The third-order valence-corrected chi connectivity index (χ3v) is 5.60. The third-order valence-electron chi connectivity index (χ3n) is 5.60. The van der Waals surface area contributed by atoms with E-state index in [1.807, 2.05) is 55.4 Å². The van der Waals surface area contributed by atoms with Gasteiger partial charge in [-0.15, -0.1) is 0 Å². The van der Waals surface area contributed by atoms with Gasteiger partial charge in [-0.2, -0.15) is 0 Å². The van der Waals surface area contributed by atoms with Crippen LogP contribution in [0.25, 0.3) is 0 Å². The van der Waals surface area contributed by atoms with Crippen molar-refractivity contribution in [2.45, 2.75) is 93.0 Å². The summed E-state index contributed by atoms with van der Waals surface area (Å²) in [5, 5.41) is 0. The van der Waals surface area contributed by atoms with E-state index in [-0.39, 0.29) is 61.2 Å². The van der Waals surface area contributed by atoms with Crippen molar-refractivity contribution in [1.29, 1.82) is 0 Å². The molecule has 0 aliphatic rings. The summed E-state index contributed by atoms with van der Waals surface area (Å²) in [5.74, 6) is -1.21. The SMILES string of the molecule is COC(=O)[C@@](N)(CCOC(=O)OCCC(C)C)Cc1ccc(OC(=O)CC(C)(C)C)c(OC(=O)CC(C)(C)C)c1. The monoisotopic (exact) mass is 565 g/mol. The van der Waals surface area contributed by atoms with E-state index in [2.05, 4.69) is 0 Å². The summed E-state index contributed by atoms with van der Waals surface area (Å²) in [6, 6.07) is 4.62. The minimum Gasteiger partial charge on any atom is -0.468 e. The Kier molecular flexibility index (Phi) is 13.1. The zero-order chi connectivity index (χ0) is 30.7. The highest BCUT2D eigenvalue weighted by molar-refractivity contribution is 5.81. The highest BCUT2D eigenvalue weighted by Gasteiger charge is 2.36. The second-order valence-corrected chi connectivity index (χ2v) is 12.9. The minimum absolute atomic E-state index is 0.0335. The highest BCUT2D eigenvalue weighted by atomic mass is 16.7. The van der Waals surface area contributed by atoms with E-state index < -0.39 is 29.6 Å². The first-order valence-electron chi connectivity index (χ1n) is 13.5. The summed E-state index contributed by atoms with van der Waals surface area (Å²) in [6.07, 6.45) is 0.0365. The highest BCUT2D eigenvalue weighted by Crippen LogP contribution is 2.33. The summed E-state index contributed by atoms with van der Waals surface area (Å²) >= 11 is 0. The van der Waals surface area contributed by atoms with Gasteiger partial charge in [-0.25, -0.2) is 4.79 Å². The zero-order valence-electron chi connectivity index (χ0n) is 25.5. The second kappa shape index (κ2) is 15.0. The predicted octanol–water partition coefficient (Wildman–Crippen LogP) is 5.37. The lowest BCUT2D eigenvalue weighted by atomic mass is 9.88. The van der Waals surface area contributed by atoms with E-state index >= 15 is 0 Å². The van der Waals surface area contributed by atoms with Crippen LogP contribution in [-0.4, -0.2) is 49.9 Å². The van der Waals surface area contributed by atoms with Crippen molar-refractivity contribution in [2.75, 3.05) is 20.3 Å². The fraction of sp³-hybridized carbons (Fsp3) is 0.667. The van der Waals surface area contributed by atoms with Crippen LogP contribution in [0.2, 0.25) is 0 Å². The summed E-state index contributed by atoms with van der Waals surface area (Å²) in [7, 11) is 1.21. The molecule has 0 radical (unpaired) electrons. The minimum atomic E-state index is -1.57. The van der Waals surface area contributed by atoms with E-state index in [1.54, 1.807) is 6.07 Å². The summed E-state index contributed by atoms with van der Waals surface area (Å²) < 4.78 is 26.2. The standard InChI is InChI=1S/C30H47NO9/c1-20(2)12-14-37-27(35)38-15-13-30(31,26(34)36-9)17-21-10-11-22(39-24(32)18-28(3,4)5)23(16-21)40-25(33)19-29(6,7)8/h10-11,16,20H,12-15,17-19,31H2,1-9H3/t30-/m1/s1. The van der Waals surface area contributed by atoms with E-state index in [9.17, 15) is 19.2 Å². The lowest BCUT2D eigenvalue weighted by molar-refractivity contribution is -0.148. The maximum absolute atomic E-state index is 12.7. The van der Waals surface area contributed by atoms with E-state index in [4.69, 9.17) is 29.4 Å². The van der Waals surface area contributed by atoms with Crippen molar-refractivity contribution < 1.29 is 42.9 Å². The van der Waals surface area contributed by atoms with E-state index in [0.717, 1.165) is 0 Å². The number of nitrogens with two attached hydrogens (primary N) is 1. The van der Waals surface area contributed by atoms with Crippen LogP contribution in [0, 0.1) is 16.7 Å². The molecular formula is C30H47NO9. The fourth-order valence-corrected chi connectivity index (χ4v) is 3.58. The quantitative estimate of drug-likeness (QED) is 0.245. The Bertz CT molecular complexity index is 1020. The molecule has 0 aliphatic heterocycles. The summed E-state index contributed by atoms with van der Waals surface area (Å²) in [4.78, 5) is 49.7. The van der Waals surface area contributed by atoms with Crippen molar-refractivity contribution in [2.24, 2.45) is 22.5 Å². The molecule has 0 aliphatic carbocycles. The lowest BCUT2D eigenvalue weighted by Crippen LogP contribution is -2.51. The van der Waals surface area contributed by atoms with Crippen LogP contribution in [0.1, 0.15) is 86.6 Å². The molecule has 0 aromatic heterocycles. The Morgan fingerprint density at radius 2 is 1.35 bits per heavy atom. The molecule has 0 fully saturated rings. The molecule has 0 unspecified atom stereocenters. The van der Waals surface area contributed by atoms with Crippen molar-refractivity contribution >= 4 is 24.1 Å². The van der Waals surface area contributed by atoms with Crippen LogP contribution in [0.3, 0.4) is 0 Å². The van der Waals surface area contributed by atoms with Crippen LogP contribution in [0.5, 0.6) is 11.5 Å². The molecule has 0 saturated heterocycles. The Balaban J connectivity index is 3.14. The molecular weight excluding hydrogens is 518 g/mol. The van der Waals surface area contributed by atoms with Crippen molar-refractivity contribution in [1.82, 2.24) is 0 Å². The molecule has 10 nitrogen and oxygen atoms in total. The Labute approximate surface area is 238 Å². The predicted molar refractivity (Wildman–Crippen MR) is 150 cm³/mol. The first kappa shape index (κ1) is 34.9. The molecule has 10 heteroatoms. The van der Waals surface area contributed by atoms with E-state index in [1.165, 1.54) is 19.2 Å². The number of rotatable bonds is 13. The molecule has 226 valence electrons. The summed E-state index contributed by atoms with van der Waals surface area (Å²) in [6.45, 7) is 15.5. The molecule has 1 rings (SSSR count). The van der Waals surface area contributed by atoms with Crippen molar-refractivity contribution in [3.05, 3.63) is 23.8 Å². The molecule has 0 spiro atoms. The Morgan fingerprint density at radius 1 is 0.825 bits per heavy atom. The lowest BCUT2D eigenvalue weighted by Gasteiger charge is -2.27. The molecule has 1 atom stereocenters. The second-order valence-electron chi connectivity index (χ2n) is 12.9. The number of hydrogen-bond donors (Lipinski definition) is 1. The molecule has 0 heterocycles. The third kappa shape index (κ3) is 13.8. The smallest absolute Gasteiger partial charge is 0.468 e. The van der Waals surface area contributed by atoms with Gasteiger partial charge in [0.05, 0.1) is 33.2 Å².